The third-order valence-corrected chi connectivity index (χ3v) is 5.91. The first kappa shape index (κ1) is 20.2. The lowest BCUT2D eigenvalue weighted by molar-refractivity contribution is 0.102. The van der Waals surface area contributed by atoms with Crippen molar-refractivity contribution in [2.24, 2.45) is 0 Å². The Balaban J connectivity index is 1.34. The predicted molar refractivity (Wildman–Crippen MR) is 122 cm³/mol. The molecule has 1 aliphatic rings. The smallest absolute Gasteiger partial charge is 0.256 e. The van der Waals surface area contributed by atoms with Gasteiger partial charge in [0.05, 0.1) is 13.3 Å². The number of likely N-dealkylation sites (N-methyl/N-ethyl adjacent to an activating group) is 1. The summed E-state index contributed by atoms with van der Waals surface area (Å²) in [5, 5.41) is 7.55. The van der Waals surface area contributed by atoms with Crippen LogP contribution in [0.2, 0.25) is 0 Å². The van der Waals surface area contributed by atoms with Gasteiger partial charge in [-0.1, -0.05) is 11.3 Å². The maximum absolute atomic E-state index is 12.6. The van der Waals surface area contributed by atoms with Crippen LogP contribution in [-0.2, 0) is 0 Å². The number of rotatable bonds is 6. The number of piperazine rings is 1. The monoisotopic (exact) mass is 423 g/mol. The summed E-state index contributed by atoms with van der Waals surface area (Å²) in [6.07, 6.45) is 1.66. The van der Waals surface area contributed by atoms with Gasteiger partial charge in [-0.2, -0.15) is 0 Å². The quantitative estimate of drug-likeness (QED) is 0.627. The molecule has 1 aromatic heterocycles. The molecule has 0 spiro atoms. The van der Waals surface area contributed by atoms with Crippen molar-refractivity contribution in [1.82, 2.24) is 9.88 Å². The average Bonchev–Trinajstić information content (AvgIpc) is 3.21. The van der Waals surface area contributed by atoms with Crippen molar-refractivity contribution in [2.45, 2.75) is 0 Å². The highest BCUT2D eigenvalue weighted by atomic mass is 32.1. The molecule has 3 aromatic rings. The predicted octanol–water partition coefficient (Wildman–Crippen LogP) is 3.90. The van der Waals surface area contributed by atoms with Gasteiger partial charge >= 0.3 is 0 Å². The maximum Gasteiger partial charge on any atom is 0.256 e. The Morgan fingerprint density at radius 1 is 1.03 bits per heavy atom. The van der Waals surface area contributed by atoms with Crippen molar-refractivity contribution in [3.63, 3.8) is 0 Å². The summed E-state index contributed by atoms with van der Waals surface area (Å²) in [6.45, 7) is 4.13. The number of anilines is 4. The summed E-state index contributed by atoms with van der Waals surface area (Å²) in [7, 11) is 3.78. The molecule has 2 aromatic carbocycles. The number of methoxy groups -OCH3 is 1. The van der Waals surface area contributed by atoms with E-state index in [9.17, 15) is 4.79 Å². The average molecular weight is 424 g/mol. The number of benzene rings is 2. The minimum absolute atomic E-state index is 0.139. The highest BCUT2D eigenvalue weighted by molar-refractivity contribution is 7.19. The van der Waals surface area contributed by atoms with Gasteiger partial charge in [0.1, 0.15) is 10.8 Å². The van der Waals surface area contributed by atoms with Gasteiger partial charge in [0.2, 0.25) is 0 Å². The molecule has 0 bridgehead atoms. The molecule has 0 unspecified atom stereocenters. The number of aromatic nitrogens is 1. The summed E-state index contributed by atoms with van der Waals surface area (Å²) in [4.78, 5) is 21.6. The first-order chi connectivity index (χ1) is 14.6. The van der Waals surface area contributed by atoms with Crippen LogP contribution in [0, 0.1) is 0 Å². The Morgan fingerprint density at radius 2 is 1.73 bits per heavy atom. The summed E-state index contributed by atoms with van der Waals surface area (Å²) < 4.78 is 5.16. The molecule has 0 atom stereocenters. The number of carbonyl (C=O) groups excluding carboxylic acids is 1. The van der Waals surface area contributed by atoms with Crippen LogP contribution in [0.15, 0.2) is 54.7 Å². The fourth-order valence-corrected chi connectivity index (χ4v) is 3.99. The molecule has 1 amide bonds. The van der Waals surface area contributed by atoms with Crippen LogP contribution in [0.25, 0.3) is 0 Å². The van der Waals surface area contributed by atoms with Crippen molar-refractivity contribution in [2.75, 3.05) is 55.9 Å². The maximum atomic E-state index is 12.6. The van der Waals surface area contributed by atoms with Crippen LogP contribution >= 0.6 is 11.3 Å². The van der Waals surface area contributed by atoms with E-state index in [0.29, 0.717) is 15.7 Å². The van der Waals surface area contributed by atoms with Crippen molar-refractivity contribution in [3.8, 4) is 5.75 Å². The van der Waals surface area contributed by atoms with Crippen LogP contribution < -0.4 is 20.3 Å². The van der Waals surface area contributed by atoms with Crippen LogP contribution in [0.5, 0.6) is 5.75 Å². The van der Waals surface area contributed by atoms with Gasteiger partial charge < -0.3 is 25.2 Å². The van der Waals surface area contributed by atoms with Gasteiger partial charge in [-0.05, 0) is 55.6 Å². The lowest BCUT2D eigenvalue weighted by Gasteiger charge is -2.34. The third kappa shape index (κ3) is 4.90. The van der Waals surface area contributed by atoms with E-state index < -0.39 is 0 Å². The number of nitrogens with zero attached hydrogens (tertiary/aromatic N) is 3. The van der Waals surface area contributed by atoms with E-state index in [2.05, 4.69) is 32.5 Å². The van der Waals surface area contributed by atoms with E-state index in [4.69, 9.17) is 4.74 Å². The Bertz CT molecular complexity index is 980. The number of carbonyl (C=O) groups is 1. The SMILES string of the molecule is COc1ccc(Nc2ncc(NC(=O)c3ccc(N4CCN(C)CC4)cc3)s2)cc1. The second kappa shape index (κ2) is 9.15. The van der Waals surface area contributed by atoms with E-state index in [1.54, 1.807) is 13.3 Å². The van der Waals surface area contributed by atoms with Crippen molar-refractivity contribution in [1.29, 1.82) is 0 Å². The normalized spacial score (nSPS) is 14.4. The highest BCUT2D eigenvalue weighted by Gasteiger charge is 2.15. The van der Waals surface area contributed by atoms with Gasteiger partial charge in [0.15, 0.2) is 5.13 Å². The Morgan fingerprint density at radius 3 is 2.40 bits per heavy atom. The van der Waals surface area contributed by atoms with E-state index in [1.807, 2.05) is 48.5 Å². The molecule has 1 saturated heterocycles. The zero-order valence-electron chi connectivity index (χ0n) is 17.1. The summed E-state index contributed by atoms with van der Waals surface area (Å²) in [5.41, 5.74) is 2.69. The Labute approximate surface area is 180 Å². The number of hydrogen-bond donors (Lipinski definition) is 2. The van der Waals surface area contributed by atoms with Crippen molar-refractivity contribution in [3.05, 3.63) is 60.3 Å². The highest BCUT2D eigenvalue weighted by Crippen LogP contribution is 2.27. The number of amides is 1. The molecule has 0 aliphatic carbocycles. The molecule has 1 aliphatic heterocycles. The molecule has 0 radical (unpaired) electrons. The molecule has 2 N–H and O–H groups in total. The Hall–Kier alpha value is -3.10. The van der Waals surface area contributed by atoms with Gasteiger partial charge in [-0.3, -0.25) is 4.79 Å². The van der Waals surface area contributed by atoms with Gasteiger partial charge in [-0.15, -0.1) is 0 Å². The lowest BCUT2D eigenvalue weighted by atomic mass is 10.1. The van der Waals surface area contributed by atoms with Crippen LogP contribution in [0.1, 0.15) is 10.4 Å². The van der Waals surface area contributed by atoms with E-state index in [1.165, 1.54) is 11.3 Å². The van der Waals surface area contributed by atoms with Gasteiger partial charge in [0, 0.05) is 43.1 Å². The molecular weight excluding hydrogens is 398 g/mol. The summed E-state index contributed by atoms with van der Waals surface area (Å²) in [6, 6.07) is 15.4. The fraction of sp³-hybridized carbons (Fsp3) is 0.273. The van der Waals surface area contributed by atoms with E-state index in [-0.39, 0.29) is 5.91 Å². The van der Waals surface area contributed by atoms with Gasteiger partial charge in [0.25, 0.3) is 5.91 Å². The van der Waals surface area contributed by atoms with Crippen molar-refractivity contribution < 1.29 is 9.53 Å². The number of ether oxygens (including phenoxy) is 1. The van der Waals surface area contributed by atoms with Crippen molar-refractivity contribution >= 4 is 38.8 Å². The van der Waals surface area contributed by atoms with Crippen LogP contribution in [-0.4, -0.2) is 56.1 Å². The molecule has 2 heterocycles. The van der Waals surface area contributed by atoms with E-state index in [0.717, 1.165) is 43.3 Å². The standard InChI is InChI=1S/C22H25N5O2S/c1-26-11-13-27(14-12-26)18-7-3-16(4-8-18)21(28)25-20-15-23-22(30-20)24-17-5-9-19(29-2)10-6-17/h3-10,15H,11-14H2,1-2H3,(H,23,24)(H,25,28). The second-order valence-electron chi connectivity index (χ2n) is 7.17. The van der Waals surface area contributed by atoms with Crippen LogP contribution in [0.3, 0.4) is 0 Å². The first-order valence-corrected chi connectivity index (χ1v) is 10.6. The largest absolute Gasteiger partial charge is 0.497 e. The number of hydrogen-bond acceptors (Lipinski definition) is 7. The van der Waals surface area contributed by atoms with Crippen LogP contribution in [0.4, 0.5) is 21.5 Å². The minimum atomic E-state index is -0.139. The molecule has 4 rings (SSSR count). The Kier molecular flexibility index (Phi) is 6.15. The molecule has 8 heteroatoms. The zero-order valence-corrected chi connectivity index (χ0v) is 17.9. The lowest BCUT2D eigenvalue weighted by Crippen LogP contribution is -2.44. The van der Waals surface area contributed by atoms with E-state index >= 15 is 0 Å². The van der Waals surface area contributed by atoms with Gasteiger partial charge in [-0.25, -0.2) is 4.98 Å². The second-order valence-corrected chi connectivity index (χ2v) is 8.21. The molecule has 1 fully saturated rings. The fourth-order valence-electron chi connectivity index (χ4n) is 3.26. The third-order valence-electron chi connectivity index (χ3n) is 5.08. The molecule has 7 nitrogen and oxygen atoms in total. The zero-order chi connectivity index (χ0) is 20.9. The topological polar surface area (TPSA) is 69.7 Å². The molecule has 0 saturated carbocycles. The molecular formula is C22H25N5O2S. The minimum Gasteiger partial charge on any atom is -0.497 e. The molecule has 30 heavy (non-hydrogen) atoms. The summed E-state index contributed by atoms with van der Waals surface area (Å²) >= 11 is 1.39. The first-order valence-electron chi connectivity index (χ1n) is 9.82. The number of nitrogens with one attached hydrogen (secondary N) is 2. The number of thiazole rings is 1. The molecule has 156 valence electrons. The summed E-state index contributed by atoms with van der Waals surface area (Å²) in [5.74, 6) is 0.658.